The molecule has 0 heterocycles. The van der Waals surface area contributed by atoms with Crippen LogP contribution in [0.2, 0.25) is 0 Å². The van der Waals surface area contributed by atoms with Gasteiger partial charge in [-0.2, -0.15) is 0 Å². The molecule has 0 unspecified atom stereocenters. The van der Waals surface area contributed by atoms with E-state index >= 15 is 0 Å². The maximum atomic E-state index is 12.9. The van der Waals surface area contributed by atoms with E-state index in [-0.39, 0.29) is 18.3 Å². The molecule has 1 amide bonds. The number of likely N-dealkylation sites (N-methyl/N-ethyl adjacent to an activating group) is 1. The van der Waals surface area contributed by atoms with Gasteiger partial charge >= 0.3 is 0 Å². The van der Waals surface area contributed by atoms with Gasteiger partial charge in [-0.25, -0.2) is 4.39 Å². The van der Waals surface area contributed by atoms with Crippen molar-refractivity contribution in [2.24, 2.45) is 0 Å². The molecule has 1 aromatic carbocycles. The molecule has 3 nitrogen and oxygen atoms in total. The van der Waals surface area contributed by atoms with Crippen molar-refractivity contribution in [3.63, 3.8) is 0 Å². The van der Waals surface area contributed by atoms with E-state index in [1.54, 1.807) is 12.1 Å². The average molecular weight is 237 g/mol. The number of hydrogen-bond acceptors (Lipinski definition) is 2. The van der Waals surface area contributed by atoms with Crippen molar-refractivity contribution in [3.05, 3.63) is 30.1 Å². The van der Waals surface area contributed by atoms with Crippen LogP contribution in [0.5, 0.6) is 5.75 Å². The monoisotopic (exact) mass is 237 g/mol. The van der Waals surface area contributed by atoms with Crippen molar-refractivity contribution in [3.8, 4) is 5.75 Å². The molecule has 92 valence electrons. The van der Waals surface area contributed by atoms with Crippen LogP contribution in [0.1, 0.15) is 19.8 Å². The summed E-state index contributed by atoms with van der Waals surface area (Å²) in [5.41, 5.74) is 0. The van der Waals surface area contributed by atoms with E-state index in [0.717, 1.165) is 12.8 Å². The number of amides is 1. The summed E-state index contributed by atoms with van der Waals surface area (Å²) in [6, 6.07) is 6.22. The summed E-state index contributed by atoms with van der Waals surface area (Å²) in [5.74, 6) is 0.00829. The normalized spacial score (nSPS) is 14.5. The second-order valence-corrected chi connectivity index (χ2v) is 4.16. The molecule has 1 saturated carbocycles. The topological polar surface area (TPSA) is 29.5 Å². The lowest BCUT2D eigenvalue weighted by atomic mass is 10.3. The molecule has 0 bridgehead atoms. The van der Waals surface area contributed by atoms with Crippen molar-refractivity contribution in [1.82, 2.24) is 4.90 Å². The minimum Gasteiger partial charge on any atom is -0.484 e. The van der Waals surface area contributed by atoms with Crippen LogP contribution in [0.25, 0.3) is 0 Å². The van der Waals surface area contributed by atoms with E-state index in [4.69, 9.17) is 4.74 Å². The first-order valence-electron chi connectivity index (χ1n) is 5.88. The molecular weight excluding hydrogens is 221 g/mol. The van der Waals surface area contributed by atoms with Crippen molar-refractivity contribution in [1.29, 1.82) is 0 Å². The maximum absolute atomic E-state index is 12.9. The van der Waals surface area contributed by atoms with Gasteiger partial charge in [0.05, 0.1) is 0 Å². The highest BCUT2D eigenvalue weighted by Crippen LogP contribution is 2.26. The quantitative estimate of drug-likeness (QED) is 0.785. The van der Waals surface area contributed by atoms with Crippen LogP contribution in [0.3, 0.4) is 0 Å². The van der Waals surface area contributed by atoms with Gasteiger partial charge < -0.3 is 9.64 Å². The highest BCUT2D eigenvalue weighted by molar-refractivity contribution is 5.78. The SMILES string of the molecule is CCN(C(=O)COc1cccc(F)c1)C1CC1. The Labute approximate surface area is 100 Å². The van der Waals surface area contributed by atoms with E-state index in [1.165, 1.54) is 12.1 Å². The summed E-state index contributed by atoms with van der Waals surface area (Å²) < 4.78 is 18.2. The molecule has 0 aliphatic heterocycles. The summed E-state index contributed by atoms with van der Waals surface area (Å²) >= 11 is 0. The molecule has 1 aromatic rings. The molecular formula is C13H16FNO2. The summed E-state index contributed by atoms with van der Waals surface area (Å²) in [6.45, 7) is 2.64. The second kappa shape index (κ2) is 5.17. The number of carbonyl (C=O) groups excluding carboxylic acids is 1. The van der Waals surface area contributed by atoms with Crippen LogP contribution >= 0.6 is 0 Å². The average Bonchev–Trinajstić information content (AvgIpc) is 3.12. The number of rotatable bonds is 5. The van der Waals surface area contributed by atoms with Gasteiger partial charge in [-0.05, 0) is 31.9 Å². The Morgan fingerprint density at radius 3 is 2.88 bits per heavy atom. The third-order valence-corrected chi connectivity index (χ3v) is 2.81. The molecule has 4 heteroatoms. The van der Waals surface area contributed by atoms with Crippen molar-refractivity contribution < 1.29 is 13.9 Å². The Morgan fingerprint density at radius 2 is 2.29 bits per heavy atom. The highest BCUT2D eigenvalue weighted by atomic mass is 19.1. The van der Waals surface area contributed by atoms with Gasteiger partial charge in [0.2, 0.25) is 0 Å². The smallest absolute Gasteiger partial charge is 0.260 e. The predicted octanol–water partition coefficient (Wildman–Crippen LogP) is 2.22. The number of hydrogen-bond donors (Lipinski definition) is 0. The molecule has 0 atom stereocenters. The van der Waals surface area contributed by atoms with E-state index in [9.17, 15) is 9.18 Å². The molecule has 0 saturated heterocycles. The molecule has 0 N–H and O–H groups in total. The Morgan fingerprint density at radius 1 is 1.53 bits per heavy atom. The van der Waals surface area contributed by atoms with Crippen LogP contribution in [-0.4, -0.2) is 30.0 Å². The standard InChI is InChI=1S/C13H16FNO2/c1-2-15(11-6-7-11)13(16)9-17-12-5-3-4-10(14)8-12/h3-5,8,11H,2,6-7,9H2,1H3. The summed E-state index contributed by atoms with van der Waals surface area (Å²) in [5, 5.41) is 0. The molecule has 2 rings (SSSR count). The maximum Gasteiger partial charge on any atom is 0.260 e. The van der Waals surface area contributed by atoms with Crippen LogP contribution in [-0.2, 0) is 4.79 Å². The van der Waals surface area contributed by atoms with Crippen molar-refractivity contribution >= 4 is 5.91 Å². The number of halogens is 1. The third-order valence-electron chi connectivity index (χ3n) is 2.81. The highest BCUT2D eigenvalue weighted by Gasteiger charge is 2.31. The Bertz CT molecular complexity index is 404. The number of carbonyl (C=O) groups is 1. The Kier molecular flexibility index (Phi) is 3.61. The second-order valence-electron chi connectivity index (χ2n) is 4.16. The minimum absolute atomic E-state index is 0.0200. The van der Waals surface area contributed by atoms with Crippen LogP contribution < -0.4 is 4.74 Å². The van der Waals surface area contributed by atoms with Gasteiger partial charge in [-0.15, -0.1) is 0 Å². The summed E-state index contributed by atoms with van der Waals surface area (Å²) in [7, 11) is 0. The first kappa shape index (κ1) is 11.9. The van der Waals surface area contributed by atoms with E-state index in [1.807, 2.05) is 11.8 Å². The van der Waals surface area contributed by atoms with Gasteiger partial charge in [0.1, 0.15) is 11.6 Å². The fraction of sp³-hybridized carbons (Fsp3) is 0.462. The minimum atomic E-state index is -0.357. The first-order valence-corrected chi connectivity index (χ1v) is 5.88. The van der Waals surface area contributed by atoms with Crippen molar-refractivity contribution in [2.75, 3.05) is 13.2 Å². The van der Waals surface area contributed by atoms with E-state index in [2.05, 4.69) is 0 Å². The van der Waals surface area contributed by atoms with Gasteiger partial charge in [-0.3, -0.25) is 4.79 Å². The molecule has 0 spiro atoms. The number of benzene rings is 1. The lowest BCUT2D eigenvalue weighted by molar-refractivity contribution is -0.133. The fourth-order valence-corrected chi connectivity index (χ4v) is 1.81. The zero-order valence-corrected chi connectivity index (χ0v) is 9.86. The van der Waals surface area contributed by atoms with E-state index in [0.29, 0.717) is 18.3 Å². The number of nitrogens with zero attached hydrogens (tertiary/aromatic N) is 1. The van der Waals surface area contributed by atoms with Gasteiger partial charge in [0.15, 0.2) is 6.61 Å². The van der Waals surface area contributed by atoms with Crippen LogP contribution in [0, 0.1) is 5.82 Å². The predicted molar refractivity (Wildman–Crippen MR) is 62.3 cm³/mol. The van der Waals surface area contributed by atoms with Crippen molar-refractivity contribution in [2.45, 2.75) is 25.8 Å². The zero-order chi connectivity index (χ0) is 12.3. The summed E-state index contributed by atoms with van der Waals surface area (Å²) in [6.07, 6.45) is 2.17. The lowest BCUT2D eigenvalue weighted by Crippen LogP contribution is -2.36. The molecule has 1 aliphatic carbocycles. The largest absolute Gasteiger partial charge is 0.484 e. The number of ether oxygens (including phenoxy) is 1. The first-order chi connectivity index (χ1) is 8.20. The zero-order valence-electron chi connectivity index (χ0n) is 9.86. The van der Waals surface area contributed by atoms with E-state index < -0.39 is 0 Å². The van der Waals surface area contributed by atoms with Crippen LogP contribution in [0.15, 0.2) is 24.3 Å². The molecule has 1 aliphatic rings. The summed E-state index contributed by atoms with van der Waals surface area (Å²) in [4.78, 5) is 13.6. The third kappa shape index (κ3) is 3.19. The van der Waals surface area contributed by atoms with Gasteiger partial charge in [0.25, 0.3) is 5.91 Å². The Balaban J connectivity index is 1.86. The van der Waals surface area contributed by atoms with Crippen LogP contribution in [0.4, 0.5) is 4.39 Å². The molecule has 1 fully saturated rings. The molecule has 0 radical (unpaired) electrons. The Hall–Kier alpha value is -1.58. The molecule has 0 aromatic heterocycles. The van der Waals surface area contributed by atoms with Gasteiger partial charge in [-0.1, -0.05) is 6.07 Å². The fourth-order valence-electron chi connectivity index (χ4n) is 1.81. The lowest BCUT2D eigenvalue weighted by Gasteiger charge is -2.20. The van der Waals surface area contributed by atoms with Gasteiger partial charge in [0, 0.05) is 18.7 Å². The molecule has 17 heavy (non-hydrogen) atoms.